The van der Waals surface area contributed by atoms with Gasteiger partial charge in [0.05, 0.1) is 6.10 Å². The van der Waals surface area contributed by atoms with E-state index in [2.05, 4.69) is 15.9 Å². The predicted molar refractivity (Wildman–Crippen MR) is 50.9 cm³/mol. The van der Waals surface area contributed by atoms with Crippen molar-refractivity contribution in [2.24, 2.45) is 5.92 Å². The average molecular weight is 257 g/mol. The molecule has 0 bridgehead atoms. The summed E-state index contributed by atoms with van der Waals surface area (Å²) in [6.45, 7) is 1.51. The lowest BCUT2D eigenvalue weighted by molar-refractivity contribution is 0.142. The molecule has 1 saturated carbocycles. The van der Waals surface area contributed by atoms with Crippen LogP contribution in [0.4, 0.5) is 0 Å². The van der Waals surface area contributed by atoms with Crippen LogP contribution in [0.2, 0.25) is 0 Å². The molecule has 2 atom stereocenters. The van der Waals surface area contributed by atoms with Gasteiger partial charge in [0.15, 0.2) is 9.84 Å². The van der Waals surface area contributed by atoms with Crippen LogP contribution in [0.5, 0.6) is 0 Å². The lowest BCUT2D eigenvalue weighted by Gasteiger charge is -2.26. The molecule has 72 valence electrons. The van der Waals surface area contributed by atoms with Crippen LogP contribution in [0.15, 0.2) is 0 Å². The second-order valence-corrected chi connectivity index (χ2v) is 8.10. The molecule has 0 spiro atoms. The van der Waals surface area contributed by atoms with Crippen molar-refractivity contribution >= 4 is 25.8 Å². The van der Waals surface area contributed by atoms with E-state index >= 15 is 0 Å². The van der Waals surface area contributed by atoms with Crippen molar-refractivity contribution < 1.29 is 13.5 Å². The zero-order chi connectivity index (χ0) is 9.57. The van der Waals surface area contributed by atoms with Crippen LogP contribution in [0.25, 0.3) is 0 Å². The highest BCUT2D eigenvalue weighted by molar-refractivity contribution is 9.11. The molecule has 1 aliphatic rings. The van der Waals surface area contributed by atoms with Crippen LogP contribution in [-0.4, -0.2) is 29.5 Å². The summed E-state index contributed by atoms with van der Waals surface area (Å²) in [5, 5.41) is 9.63. The van der Waals surface area contributed by atoms with Crippen molar-refractivity contribution in [3.8, 4) is 0 Å². The summed E-state index contributed by atoms with van der Waals surface area (Å²) in [6, 6.07) is 0. The minimum absolute atomic E-state index is 0.157. The number of sulfone groups is 1. The number of rotatable bonds is 3. The second kappa shape index (κ2) is 2.96. The molecule has 1 rings (SSSR count). The van der Waals surface area contributed by atoms with E-state index < -0.39 is 19.6 Å². The standard InChI is InChI=1S/C7H13BrO3S/c1-7(8,12(2,10)11)6(9)5-3-4-5/h5-6,9H,3-4H2,1-2H3/t6-,7-/m0/s1. The fraction of sp³-hybridized carbons (Fsp3) is 1.00. The fourth-order valence-corrected chi connectivity index (χ4v) is 2.06. The number of halogens is 1. The Morgan fingerprint density at radius 2 is 2.00 bits per heavy atom. The van der Waals surface area contributed by atoms with Gasteiger partial charge in [0, 0.05) is 6.26 Å². The van der Waals surface area contributed by atoms with E-state index in [0.717, 1.165) is 19.1 Å². The van der Waals surface area contributed by atoms with E-state index in [-0.39, 0.29) is 5.92 Å². The van der Waals surface area contributed by atoms with Gasteiger partial charge in [0.2, 0.25) is 0 Å². The maximum atomic E-state index is 11.2. The fourth-order valence-electron chi connectivity index (χ4n) is 1.05. The van der Waals surface area contributed by atoms with Crippen molar-refractivity contribution in [1.82, 2.24) is 0 Å². The molecular formula is C7H13BrO3S. The molecule has 1 aliphatic carbocycles. The molecule has 3 nitrogen and oxygen atoms in total. The first-order valence-electron chi connectivity index (χ1n) is 3.83. The molecule has 0 aliphatic heterocycles. The van der Waals surface area contributed by atoms with Crippen molar-refractivity contribution in [2.75, 3.05) is 6.26 Å². The smallest absolute Gasteiger partial charge is 0.165 e. The third-order valence-electron chi connectivity index (χ3n) is 2.32. The van der Waals surface area contributed by atoms with Gasteiger partial charge < -0.3 is 5.11 Å². The molecule has 0 unspecified atom stereocenters. The SMILES string of the molecule is C[C@@](Br)([C@@H](O)C1CC1)S(C)(=O)=O. The van der Waals surface area contributed by atoms with Gasteiger partial charge >= 0.3 is 0 Å². The Bertz CT molecular complexity index is 266. The molecule has 12 heavy (non-hydrogen) atoms. The zero-order valence-corrected chi connectivity index (χ0v) is 9.52. The van der Waals surface area contributed by atoms with E-state index in [0.29, 0.717) is 0 Å². The number of alkyl halides is 1. The summed E-state index contributed by atoms with van der Waals surface area (Å²) in [4.78, 5) is 0. The van der Waals surface area contributed by atoms with Gasteiger partial charge in [-0.25, -0.2) is 8.42 Å². The lowest BCUT2D eigenvalue weighted by Crippen LogP contribution is -2.41. The molecule has 0 heterocycles. The van der Waals surface area contributed by atoms with Crippen molar-refractivity contribution in [3.63, 3.8) is 0 Å². The molecule has 1 fully saturated rings. The van der Waals surface area contributed by atoms with Gasteiger partial charge in [-0.3, -0.25) is 0 Å². The quantitative estimate of drug-likeness (QED) is 0.765. The zero-order valence-electron chi connectivity index (χ0n) is 7.12. The highest BCUT2D eigenvalue weighted by Gasteiger charge is 2.47. The highest BCUT2D eigenvalue weighted by atomic mass is 79.9. The molecule has 0 aromatic heterocycles. The molecule has 0 saturated heterocycles. The number of aliphatic hydroxyl groups is 1. The Hall–Kier alpha value is 0.390. The maximum Gasteiger partial charge on any atom is 0.165 e. The highest BCUT2D eigenvalue weighted by Crippen LogP contribution is 2.42. The first kappa shape index (κ1) is 10.5. The van der Waals surface area contributed by atoms with E-state index in [1.54, 1.807) is 0 Å². The minimum Gasteiger partial charge on any atom is -0.390 e. The predicted octanol–water partition coefficient (Wildman–Crippen LogP) is 0.913. The van der Waals surface area contributed by atoms with Crippen LogP contribution in [0, 0.1) is 5.92 Å². The number of hydrogen-bond donors (Lipinski definition) is 1. The first-order chi connectivity index (χ1) is 5.27. The summed E-state index contributed by atoms with van der Waals surface area (Å²) in [6.07, 6.45) is 2.20. The monoisotopic (exact) mass is 256 g/mol. The minimum atomic E-state index is -3.24. The van der Waals surface area contributed by atoms with Gasteiger partial charge in [-0.15, -0.1) is 0 Å². The topological polar surface area (TPSA) is 54.4 Å². The van der Waals surface area contributed by atoms with Crippen LogP contribution >= 0.6 is 15.9 Å². The normalized spacial score (nSPS) is 26.3. The summed E-state index contributed by atoms with van der Waals surface area (Å²) in [5.74, 6) is 0.157. The maximum absolute atomic E-state index is 11.2. The van der Waals surface area contributed by atoms with Gasteiger partial charge in [0.25, 0.3) is 0 Å². The Morgan fingerprint density at radius 1 is 1.58 bits per heavy atom. The summed E-state index contributed by atoms with van der Waals surface area (Å²) in [7, 11) is -3.24. The van der Waals surface area contributed by atoms with Crippen LogP contribution < -0.4 is 0 Å². The van der Waals surface area contributed by atoms with Crippen LogP contribution in [0.3, 0.4) is 0 Å². The summed E-state index contributed by atoms with van der Waals surface area (Å²) < 4.78 is 21.3. The molecule has 0 radical (unpaired) electrons. The molecule has 0 amide bonds. The Labute approximate surface area is 81.2 Å². The first-order valence-corrected chi connectivity index (χ1v) is 6.52. The Morgan fingerprint density at radius 3 is 2.25 bits per heavy atom. The molecule has 1 N–H and O–H groups in total. The molecule has 0 aromatic carbocycles. The largest absolute Gasteiger partial charge is 0.390 e. The van der Waals surface area contributed by atoms with E-state index in [1.165, 1.54) is 6.92 Å². The van der Waals surface area contributed by atoms with E-state index in [1.807, 2.05) is 0 Å². The van der Waals surface area contributed by atoms with Gasteiger partial charge in [-0.05, 0) is 25.7 Å². The summed E-state index contributed by atoms with van der Waals surface area (Å²) in [5.41, 5.74) is 0. The van der Waals surface area contributed by atoms with Crippen LogP contribution in [-0.2, 0) is 9.84 Å². The van der Waals surface area contributed by atoms with Crippen molar-refractivity contribution in [2.45, 2.75) is 29.5 Å². The number of aliphatic hydroxyl groups excluding tert-OH is 1. The molecular weight excluding hydrogens is 244 g/mol. The van der Waals surface area contributed by atoms with Gasteiger partial charge in [0.1, 0.15) is 3.66 Å². The Kier molecular flexibility index (Phi) is 2.58. The van der Waals surface area contributed by atoms with Gasteiger partial charge in [-0.1, -0.05) is 15.9 Å². The van der Waals surface area contributed by atoms with E-state index in [4.69, 9.17) is 0 Å². The Balaban J connectivity index is 2.83. The third kappa shape index (κ3) is 1.83. The van der Waals surface area contributed by atoms with E-state index in [9.17, 15) is 13.5 Å². The second-order valence-electron chi connectivity index (χ2n) is 3.54. The van der Waals surface area contributed by atoms with Gasteiger partial charge in [-0.2, -0.15) is 0 Å². The third-order valence-corrected chi connectivity index (χ3v) is 6.25. The van der Waals surface area contributed by atoms with Crippen LogP contribution in [0.1, 0.15) is 19.8 Å². The number of hydrogen-bond acceptors (Lipinski definition) is 3. The lowest BCUT2D eigenvalue weighted by atomic mass is 10.2. The summed E-state index contributed by atoms with van der Waals surface area (Å²) >= 11 is 3.07. The molecule has 0 aromatic rings. The average Bonchev–Trinajstić information content (AvgIpc) is 2.64. The van der Waals surface area contributed by atoms with Crippen molar-refractivity contribution in [3.05, 3.63) is 0 Å². The molecule has 5 heteroatoms. The van der Waals surface area contributed by atoms with Crippen molar-refractivity contribution in [1.29, 1.82) is 0 Å².